The number of hydrogen-bond acceptors (Lipinski definition) is 3. The summed E-state index contributed by atoms with van der Waals surface area (Å²) in [6, 6.07) is 1.28. The van der Waals surface area contributed by atoms with Gasteiger partial charge >= 0.3 is 0 Å². The van der Waals surface area contributed by atoms with Crippen molar-refractivity contribution < 1.29 is 0 Å². The first kappa shape index (κ1) is 15.9. The molecule has 0 spiro atoms. The molecule has 0 saturated heterocycles. The number of nitrogens with one attached hydrogen (secondary N) is 1. The zero-order valence-corrected chi connectivity index (χ0v) is 12.1. The van der Waals surface area contributed by atoms with Crippen molar-refractivity contribution >= 4 is 0 Å². The Labute approximate surface area is 102 Å². The first-order valence-corrected chi connectivity index (χ1v) is 6.59. The van der Waals surface area contributed by atoms with E-state index in [1.54, 1.807) is 0 Å². The van der Waals surface area contributed by atoms with Crippen LogP contribution in [0, 0.1) is 0 Å². The standard InChI is InChI=1S/C13H31N3/c1-7-9-12(14-3)13(8-2)16(6)11-10-15(4)5/h12-14H,7-11H2,1-6H3. The Balaban J connectivity index is 4.21. The topological polar surface area (TPSA) is 18.5 Å². The van der Waals surface area contributed by atoms with Gasteiger partial charge in [0.2, 0.25) is 0 Å². The highest BCUT2D eigenvalue weighted by Gasteiger charge is 2.21. The van der Waals surface area contributed by atoms with Crippen molar-refractivity contribution in [3.05, 3.63) is 0 Å². The molecule has 0 aliphatic carbocycles. The molecule has 0 aromatic rings. The Morgan fingerprint density at radius 1 is 1.06 bits per heavy atom. The van der Waals surface area contributed by atoms with Gasteiger partial charge in [-0.05, 0) is 41.0 Å². The molecule has 0 bridgehead atoms. The average Bonchev–Trinajstić information content (AvgIpc) is 2.26. The van der Waals surface area contributed by atoms with E-state index >= 15 is 0 Å². The number of nitrogens with zero attached hydrogens (tertiary/aromatic N) is 2. The van der Waals surface area contributed by atoms with Crippen LogP contribution in [0.1, 0.15) is 33.1 Å². The third-order valence-electron chi connectivity index (χ3n) is 3.32. The highest BCUT2D eigenvalue weighted by Crippen LogP contribution is 2.11. The first-order valence-electron chi connectivity index (χ1n) is 6.59. The van der Waals surface area contributed by atoms with Gasteiger partial charge in [-0.1, -0.05) is 20.3 Å². The van der Waals surface area contributed by atoms with Crippen LogP contribution in [0.25, 0.3) is 0 Å². The maximum atomic E-state index is 3.47. The Morgan fingerprint density at radius 3 is 2.06 bits per heavy atom. The van der Waals surface area contributed by atoms with Crippen LogP contribution in [0.5, 0.6) is 0 Å². The molecule has 2 unspecified atom stereocenters. The molecule has 2 atom stereocenters. The van der Waals surface area contributed by atoms with E-state index < -0.39 is 0 Å². The van der Waals surface area contributed by atoms with E-state index in [2.05, 4.69) is 57.2 Å². The molecular weight excluding hydrogens is 198 g/mol. The lowest BCUT2D eigenvalue weighted by Gasteiger charge is -2.34. The molecule has 0 radical (unpaired) electrons. The SMILES string of the molecule is CCCC(NC)C(CC)N(C)CCN(C)C. The largest absolute Gasteiger partial charge is 0.315 e. The van der Waals surface area contributed by atoms with Gasteiger partial charge in [0.1, 0.15) is 0 Å². The van der Waals surface area contributed by atoms with Crippen molar-refractivity contribution in [2.75, 3.05) is 41.3 Å². The third-order valence-corrected chi connectivity index (χ3v) is 3.32. The molecule has 1 N–H and O–H groups in total. The minimum Gasteiger partial charge on any atom is -0.315 e. The van der Waals surface area contributed by atoms with Crippen LogP contribution in [-0.4, -0.2) is 63.2 Å². The Morgan fingerprint density at radius 2 is 1.69 bits per heavy atom. The van der Waals surface area contributed by atoms with E-state index in [-0.39, 0.29) is 0 Å². The third kappa shape index (κ3) is 5.83. The summed E-state index contributed by atoms with van der Waals surface area (Å²) >= 11 is 0. The van der Waals surface area contributed by atoms with Crippen molar-refractivity contribution in [2.45, 2.75) is 45.2 Å². The van der Waals surface area contributed by atoms with Gasteiger partial charge < -0.3 is 15.1 Å². The van der Waals surface area contributed by atoms with Gasteiger partial charge in [0.25, 0.3) is 0 Å². The zero-order chi connectivity index (χ0) is 12.6. The summed E-state index contributed by atoms with van der Waals surface area (Å²) in [6.07, 6.45) is 3.74. The molecule has 0 rings (SSSR count). The van der Waals surface area contributed by atoms with Gasteiger partial charge in [0, 0.05) is 25.2 Å². The summed E-state index contributed by atoms with van der Waals surface area (Å²) in [5.74, 6) is 0. The molecule has 0 saturated carbocycles. The molecular formula is C13H31N3. The molecule has 16 heavy (non-hydrogen) atoms. The fraction of sp³-hybridized carbons (Fsp3) is 1.00. The monoisotopic (exact) mass is 229 g/mol. The van der Waals surface area contributed by atoms with Gasteiger partial charge in [0.15, 0.2) is 0 Å². The van der Waals surface area contributed by atoms with Gasteiger partial charge in [-0.3, -0.25) is 0 Å². The molecule has 3 heteroatoms. The lowest BCUT2D eigenvalue weighted by atomic mass is 10.00. The maximum Gasteiger partial charge on any atom is 0.0244 e. The average molecular weight is 229 g/mol. The highest BCUT2D eigenvalue weighted by molar-refractivity contribution is 4.81. The molecule has 98 valence electrons. The van der Waals surface area contributed by atoms with Crippen molar-refractivity contribution in [1.82, 2.24) is 15.1 Å². The van der Waals surface area contributed by atoms with Crippen LogP contribution in [0.4, 0.5) is 0 Å². The predicted molar refractivity (Wildman–Crippen MR) is 73.0 cm³/mol. The molecule has 0 aromatic heterocycles. The van der Waals surface area contributed by atoms with E-state index in [0.717, 1.165) is 13.1 Å². The first-order chi connectivity index (χ1) is 7.56. The van der Waals surface area contributed by atoms with Crippen LogP contribution in [0.15, 0.2) is 0 Å². The van der Waals surface area contributed by atoms with Crippen molar-refractivity contribution in [3.63, 3.8) is 0 Å². The van der Waals surface area contributed by atoms with Crippen molar-refractivity contribution in [3.8, 4) is 0 Å². The predicted octanol–water partition coefficient (Wildman–Crippen LogP) is 1.65. The van der Waals surface area contributed by atoms with E-state index in [0.29, 0.717) is 12.1 Å². The lowest BCUT2D eigenvalue weighted by molar-refractivity contribution is 0.170. The zero-order valence-electron chi connectivity index (χ0n) is 12.1. The Kier molecular flexibility index (Phi) is 8.90. The Hall–Kier alpha value is -0.120. The van der Waals surface area contributed by atoms with Crippen LogP contribution in [0.2, 0.25) is 0 Å². The number of likely N-dealkylation sites (N-methyl/N-ethyl adjacent to an activating group) is 3. The second-order valence-electron chi connectivity index (χ2n) is 4.94. The smallest absolute Gasteiger partial charge is 0.0244 e. The highest BCUT2D eigenvalue weighted by atomic mass is 15.2. The van der Waals surface area contributed by atoms with Gasteiger partial charge in [-0.15, -0.1) is 0 Å². The minimum atomic E-state index is 0.627. The minimum absolute atomic E-state index is 0.627. The van der Waals surface area contributed by atoms with Crippen molar-refractivity contribution in [2.24, 2.45) is 0 Å². The molecule has 0 aromatic carbocycles. The molecule has 3 nitrogen and oxygen atoms in total. The van der Waals surface area contributed by atoms with Gasteiger partial charge in [-0.2, -0.15) is 0 Å². The van der Waals surface area contributed by atoms with E-state index in [1.165, 1.54) is 19.3 Å². The Bertz CT molecular complexity index is 159. The fourth-order valence-electron chi connectivity index (χ4n) is 2.27. The quantitative estimate of drug-likeness (QED) is 0.648. The molecule has 0 amide bonds. The van der Waals surface area contributed by atoms with Crippen LogP contribution < -0.4 is 5.32 Å². The summed E-state index contributed by atoms with van der Waals surface area (Å²) in [6.45, 7) is 6.83. The summed E-state index contributed by atoms with van der Waals surface area (Å²) < 4.78 is 0. The molecule has 0 heterocycles. The summed E-state index contributed by atoms with van der Waals surface area (Å²) in [7, 11) is 8.60. The fourth-order valence-corrected chi connectivity index (χ4v) is 2.27. The van der Waals surface area contributed by atoms with E-state index in [9.17, 15) is 0 Å². The maximum absolute atomic E-state index is 3.47. The van der Waals surface area contributed by atoms with Crippen LogP contribution in [0.3, 0.4) is 0 Å². The van der Waals surface area contributed by atoms with Gasteiger partial charge in [-0.25, -0.2) is 0 Å². The molecule has 0 fully saturated rings. The van der Waals surface area contributed by atoms with Crippen LogP contribution in [-0.2, 0) is 0 Å². The summed E-state index contributed by atoms with van der Waals surface area (Å²) in [5, 5.41) is 3.47. The van der Waals surface area contributed by atoms with E-state index in [4.69, 9.17) is 0 Å². The lowest BCUT2D eigenvalue weighted by Crippen LogP contribution is -2.48. The number of hydrogen-bond donors (Lipinski definition) is 1. The summed E-state index contributed by atoms with van der Waals surface area (Å²) in [5.41, 5.74) is 0. The summed E-state index contributed by atoms with van der Waals surface area (Å²) in [4.78, 5) is 4.74. The van der Waals surface area contributed by atoms with Gasteiger partial charge in [0.05, 0.1) is 0 Å². The number of rotatable bonds is 9. The normalized spacial score (nSPS) is 15.8. The van der Waals surface area contributed by atoms with Crippen LogP contribution >= 0.6 is 0 Å². The van der Waals surface area contributed by atoms with Crippen molar-refractivity contribution in [1.29, 1.82) is 0 Å². The second kappa shape index (κ2) is 8.97. The van der Waals surface area contributed by atoms with E-state index in [1.807, 2.05) is 0 Å². The molecule has 0 aliphatic rings. The molecule has 0 aliphatic heterocycles. The second-order valence-corrected chi connectivity index (χ2v) is 4.94.